The maximum Gasteiger partial charge on any atom is 0.0219 e. The highest BCUT2D eigenvalue weighted by Crippen LogP contribution is 2.30. The van der Waals surface area contributed by atoms with Crippen LogP contribution in [0.25, 0.3) is 0 Å². The molecule has 2 rings (SSSR count). The molecule has 3 heteroatoms. The summed E-state index contributed by atoms with van der Waals surface area (Å²) >= 11 is 0. The van der Waals surface area contributed by atoms with E-state index in [0.29, 0.717) is 6.04 Å². The maximum absolute atomic E-state index is 5.94. The smallest absolute Gasteiger partial charge is 0.0219 e. The Morgan fingerprint density at radius 1 is 1.00 bits per heavy atom. The zero-order valence-corrected chi connectivity index (χ0v) is 13.7. The summed E-state index contributed by atoms with van der Waals surface area (Å²) in [4.78, 5) is 5.40. The van der Waals surface area contributed by atoms with Gasteiger partial charge in [-0.2, -0.15) is 0 Å². The van der Waals surface area contributed by atoms with Crippen molar-refractivity contribution in [1.29, 1.82) is 0 Å². The topological polar surface area (TPSA) is 32.5 Å². The zero-order valence-electron chi connectivity index (χ0n) is 13.7. The van der Waals surface area contributed by atoms with Crippen molar-refractivity contribution in [2.75, 3.05) is 32.7 Å². The van der Waals surface area contributed by atoms with Gasteiger partial charge in [-0.3, -0.25) is 9.80 Å². The van der Waals surface area contributed by atoms with Crippen LogP contribution in [-0.4, -0.2) is 54.6 Å². The van der Waals surface area contributed by atoms with E-state index in [1.54, 1.807) is 0 Å². The molecule has 0 aromatic rings. The van der Waals surface area contributed by atoms with Crippen LogP contribution < -0.4 is 5.73 Å². The largest absolute Gasteiger partial charge is 0.329 e. The van der Waals surface area contributed by atoms with Crippen molar-refractivity contribution in [2.24, 2.45) is 11.7 Å². The summed E-state index contributed by atoms with van der Waals surface area (Å²) in [7, 11) is 0. The molecule has 0 amide bonds. The molecule has 2 aliphatic rings. The molecule has 0 spiro atoms. The summed E-state index contributed by atoms with van der Waals surface area (Å²) in [6.45, 7) is 10.4. The maximum atomic E-state index is 5.94. The van der Waals surface area contributed by atoms with Crippen LogP contribution in [0.1, 0.15) is 58.8 Å². The van der Waals surface area contributed by atoms with Crippen LogP contribution in [0, 0.1) is 5.92 Å². The summed E-state index contributed by atoms with van der Waals surface area (Å²) in [6, 6.07) is 1.50. The molecule has 0 aromatic carbocycles. The minimum Gasteiger partial charge on any atom is -0.329 e. The Bertz CT molecular complexity index is 253. The summed E-state index contributed by atoms with van der Waals surface area (Å²) in [5.74, 6) is 1.01. The Morgan fingerprint density at radius 2 is 1.65 bits per heavy atom. The first kappa shape index (κ1) is 16.3. The summed E-state index contributed by atoms with van der Waals surface area (Å²) < 4.78 is 0. The molecule has 1 saturated heterocycles. The molecule has 0 bridgehead atoms. The molecular weight excluding hydrogens is 246 g/mol. The number of nitrogens with two attached hydrogens (primary N) is 1. The van der Waals surface area contributed by atoms with Crippen molar-refractivity contribution in [3.63, 3.8) is 0 Å². The molecule has 20 heavy (non-hydrogen) atoms. The van der Waals surface area contributed by atoms with E-state index in [2.05, 4.69) is 23.6 Å². The predicted octanol–water partition coefficient (Wildman–Crippen LogP) is 2.70. The first-order valence-electron chi connectivity index (χ1n) is 8.96. The van der Waals surface area contributed by atoms with Gasteiger partial charge in [-0.15, -0.1) is 0 Å². The lowest BCUT2D eigenvalue weighted by molar-refractivity contribution is 0.0497. The van der Waals surface area contributed by atoms with Crippen LogP contribution in [0.5, 0.6) is 0 Å². The van der Waals surface area contributed by atoms with Crippen molar-refractivity contribution >= 4 is 0 Å². The number of hydrogen-bond acceptors (Lipinski definition) is 3. The fourth-order valence-electron chi connectivity index (χ4n) is 4.17. The van der Waals surface area contributed by atoms with Crippen LogP contribution in [0.4, 0.5) is 0 Å². The van der Waals surface area contributed by atoms with Crippen molar-refractivity contribution < 1.29 is 0 Å². The van der Waals surface area contributed by atoms with Crippen LogP contribution in [0.2, 0.25) is 0 Å². The van der Waals surface area contributed by atoms with E-state index >= 15 is 0 Å². The van der Waals surface area contributed by atoms with Crippen molar-refractivity contribution in [2.45, 2.75) is 70.9 Å². The molecule has 0 radical (unpaired) electrons. The SMILES string of the molecule is CCCC(CN)N1CCN(C2CCC(CC)CC2)CC1. The average molecular weight is 281 g/mol. The minimum absolute atomic E-state index is 0.623. The molecule has 1 atom stereocenters. The minimum atomic E-state index is 0.623. The van der Waals surface area contributed by atoms with Gasteiger partial charge in [0, 0.05) is 44.8 Å². The van der Waals surface area contributed by atoms with Gasteiger partial charge in [0.15, 0.2) is 0 Å². The lowest BCUT2D eigenvalue weighted by Gasteiger charge is -2.44. The first-order valence-corrected chi connectivity index (χ1v) is 8.96. The quantitative estimate of drug-likeness (QED) is 0.812. The van der Waals surface area contributed by atoms with Gasteiger partial charge in [0.2, 0.25) is 0 Å². The molecule has 3 nitrogen and oxygen atoms in total. The number of nitrogens with zero attached hydrogens (tertiary/aromatic N) is 2. The fraction of sp³-hybridized carbons (Fsp3) is 1.00. The van der Waals surface area contributed by atoms with Gasteiger partial charge in [-0.05, 0) is 38.0 Å². The van der Waals surface area contributed by atoms with Gasteiger partial charge in [0.05, 0.1) is 0 Å². The number of piperazine rings is 1. The van der Waals surface area contributed by atoms with Crippen molar-refractivity contribution in [3.8, 4) is 0 Å². The summed E-state index contributed by atoms with van der Waals surface area (Å²) in [5, 5.41) is 0. The van der Waals surface area contributed by atoms with Crippen molar-refractivity contribution in [1.82, 2.24) is 9.80 Å². The van der Waals surface area contributed by atoms with E-state index in [1.807, 2.05) is 0 Å². The molecule has 118 valence electrons. The predicted molar refractivity (Wildman–Crippen MR) is 86.9 cm³/mol. The van der Waals surface area contributed by atoms with E-state index in [0.717, 1.165) is 18.5 Å². The van der Waals surface area contributed by atoms with Crippen LogP contribution >= 0.6 is 0 Å². The Balaban J connectivity index is 1.74. The molecule has 2 fully saturated rings. The monoisotopic (exact) mass is 281 g/mol. The molecule has 1 aliphatic heterocycles. The molecule has 2 N–H and O–H groups in total. The molecule has 1 unspecified atom stereocenters. The lowest BCUT2D eigenvalue weighted by atomic mass is 9.84. The second-order valence-electron chi connectivity index (χ2n) is 6.83. The fourth-order valence-corrected chi connectivity index (χ4v) is 4.17. The molecule has 0 aromatic heterocycles. The normalized spacial score (nSPS) is 31.4. The van der Waals surface area contributed by atoms with Crippen LogP contribution in [-0.2, 0) is 0 Å². The van der Waals surface area contributed by atoms with E-state index < -0.39 is 0 Å². The summed E-state index contributed by atoms with van der Waals surface area (Å²) in [6.07, 6.45) is 9.70. The third kappa shape index (κ3) is 4.19. The Morgan fingerprint density at radius 3 is 2.15 bits per heavy atom. The van der Waals surface area contributed by atoms with Gasteiger partial charge < -0.3 is 5.73 Å². The van der Waals surface area contributed by atoms with Crippen molar-refractivity contribution in [3.05, 3.63) is 0 Å². The molecule has 1 heterocycles. The van der Waals surface area contributed by atoms with E-state index in [9.17, 15) is 0 Å². The Labute approximate surface area is 125 Å². The third-order valence-electron chi connectivity index (χ3n) is 5.67. The number of hydrogen-bond donors (Lipinski definition) is 1. The Hall–Kier alpha value is -0.120. The molecule has 1 aliphatic carbocycles. The zero-order chi connectivity index (χ0) is 14.4. The second-order valence-corrected chi connectivity index (χ2v) is 6.83. The van der Waals surface area contributed by atoms with Gasteiger partial charge >= 0.3 is 0 Å². The second kappa shape index (κ2) is 8.35. The van der Waals surface area contributed by atoms with Crippen LogP contribution in [0.3, 0.4) is 0 Å². The van der Waals surface area contributed by atoms with Gasteiger partial charge in [0.1, 0.15) is 0 Å². The highest BCUT2D eigenvalue weighted by molar-refractivity contribution is 4.85. The van der Waals surface area contributed by atoms with E-state index in [1.165, 1.54) is 71.1 Å². The highest BCUT2D eigenvalue weighted by atomic mass is 15.3. The standard InChI is InChI=1S/C17H35N3/c1-3-5-17(14-18)20-12-10-19(11-13-20)16-8-6-15(4-2)7-9-16/h15-17H,3-14,18H2,1-2H3. The van der Waals surface area contributed by atoms with Gasteiger partial charge in [0.25, 0.3) is 0 Å². The average Bonchev–Trinajstić information content (AvgIpc) is 2.53. The number of rotatable bonds is 6. The van der Waals surface area contributed by atoms with E-state index in [-0.39, 0.29) is 0 Å². The third-order valence-corrected chi connectivity index (χ3v) is 5.67. The van der Waals surface area contributed by atoms with Crippen LogP contribution in [0.15, 0.2) is 0 Å². The Kier molecular flexibility index (Phi) is 6.79. The molecule has 1 saturated carbocycles. The van der Waals surface area contributed by atoms with Gasteiger partial charge in [-0.1, -0.05) is 26.7 Å². The first-order chi connectivity index (χ1) is 9.78. The molecular formula is C17H35N3. The summed E-state index contributed by atoms with van der Waals surface area (Å²) in [5.41, 5.74) is 5.94. The van der Waals surface area contributed by atoms with E-state index in [4.69, 9.17) is 5.73 Å². The van der Waals surface area contributed by atoms with Gasteiger partial charge in [-0.25, -0.2) is 0 Å². The highest BCUT2D eigenvalue weighted by Gasteiger charge is 2.29. The lowest BCUT2D eigenvalue weighted by Crippen LogP contribution is -2.55.